The first kappa shape index (κ1) is 21.1. The van der Waals surface area contributed by atoms with Crippen LogP contribution in [-0.2, 0) is 21.7 Å². The Balaban J connectivity index is 1.37. The smallest absolute Gasteiger partial charge is 0.233 e. The van der Waals surface area contributed by atoms with E-state index in [9.17, 15) is 13.2 Å². The van der Waals surface area contributed by atoms with Gasteiger partial charge in [0.1, 0.15) is 0 Å². The van der Waals surface area contributed by atoms with Crippen LogP contribution in [0.25, 0.3) is 0 Å². The van der Waals surface area contributed by atoms with E-state index in [-0.39, 0.29) is 23.5 Å². The molecule has 1 atom stereocenters. The molecule has 2 fully saturated rings. The van der Waals surface area contributed by atoms with E-state index in [0.29, 0.717) is 30.4 Å². The van der Waals surface area contributed by atoms with Gasteiger partial charge in [0.15, 0.2) is 9.84 Å². The summed E-state index contributed by atoms with van der Waals surface area (Å²) in [7, 11) is -1.22. The summed E-state index contributed by atoms with van der Waals surface area (Å²) in [5, 5.41) is 16.5. The van der Waals surface area contributed by atoms with E-state index >= 15 is 0 Å². The second kappa shape index (κ2) is 8.17. The molecule has 2 aliphatic heterocycles. The summed E-state index contributed by atoms with van der Waals surface area (Å²) >= 11 is 1.33. The molecule has 0 bridgehead atoms. The largest absolute Gasteiger partial charge is 0.365 e. The van der Waals surface area contributed by atoms with Crippen LogP contribution in [0.15, 0.2) is 5.16 Å². The number of aryl methyl sites for hydroxylation is 2. The zero-order valence-electron chi connectivity index (χ0n) is 17.4. The zero-order valence-corrected chi connectivity index (χ0v) is 19.0. The number of carbonyl (C=O) groups is 1. The molecule has 2 saturated heterocycles. The fraction of sp³-hybridized carbons (Fsp3) is 0.706. The van der Waals surface area contributed by atoms with Crippen molar-refractivity contribution in [1.29, 1.82) is 0 Å². The molecule has 2 aliphatic rings. The summed E-state index contributed by atoms with van der Waals surface area (Å²) in [5.41, 5.74) is 2.97. The number of hydrogen-bond donors (Lipinski definition) is 0. The molecule has 30 heavy (non-hydrogen) atoms. The minimum Gasteiger partial charge on any atom is -0.365 e. The average Bonchev–Trinajstić information content (AvgIpc) is 3.37. The molecular weight excluding hydrogens is 428 g/mol. The SMILES string of the molecule is Cc1nn(C2CCS(=O)(=O)C2)c(C)c1N1CCN(C(=O)CSc2nnnn2C)CC1. The number of aromatic nitrogens is 6. The Hall–Kier alpha value is -2.15. The average molecular weight is 455 g/mol. The topological polar surface area (TPSA) is 119 Å². The number of piperazine rings is 1. The summed E-state index contributed by atoms with van der Waals surface area (Å²) in [6, 6.07) is -0.0857. The molecule has 2 aromatic rings. The number of nitrogens with zero attached hydrogens (tertiary/aromatic N) is 8. The van der Waals surface area contributed by atoms with E-state index in [4.69, 9.17) is 0 Å². The Morgan fingerprint density at radius 3 is 2.53 bits per heavy atom. The number of rotatable bonds is 5. The van der Waals surface area contributed by atoms with Crippen molar-refractivity contribution in [3.63, 3.8) is 0 Å². The number of anilines is 1. The van der Waals surface area contributed by atoms with Crippen molar-refractivity contribution >= 4 is 33.2 Å². The number of amides is 1. The van der Waals surface area contributed by atoms with E-state index in [1.54, 1.807) is 11.7 Å². The van der Waals surface area contributed by atoms with Gasteiger partial charge in [0, 0.05) is 33.2 Å². The first-order valence-electron chi connectivity index (χ1n) is 9.89. The van der Waals surface area contributed by atoms with Gasteiger partial charge < -0.3 is 9.80 Å². The van der Waals surface area contributed by atoms with Crippen LogP contribution in [0, 0.1) is 13.8 Å². The van der Waals surface area contributed by atoms with Crippen molar-refractivity contribution in [2.75, 3.05) is 48.3 Å². The van der Waals surface area contributed by atoms with Crippen molar-refractivity contribution in [2.45, 2.75) is 31.5 Å². The maximum atomic E-state index is 12.6. The third kappa shape index (κ3) is 4.17. The van der Waals surface area contributed by atoms with E-state index < -0.39 is 9.84 Å². The van der Waals surface area contributed by atoms with Gasteiger partial charge in [0.2, 0.25) is 11.1 Å². The van der Waals surface area contributed by atoms with Crippen LogP contribution >= 0.6 is 11.8 Å². The maximum Gasteiger partial charge on any atom is 0.233 e. The van der Waals surface area contributed by atoms with Gasteiger partial charge in [-0.2, -0.15) is 5.10 Å². The minimum absolute atomic E-state index is 0.0722. The molecule has 0 aromatic carbocycles. The molecule has 1 amide bonds. The lowest BCUT2D eigenvalue weighted by Crippen LogP contribution is -2.49. The maximum absolute atomic E-state index is 12.6. The van der Waals surface area contributed by atoms with Crippen molar-refractivity contribution in [3.05, 3.63) is 11.4 Å². The van der Waals surface area contributed by atoms with Crippen molar-refractivity contribution in [3.8, 4) is 0 Å². The molecule has 13 heteroatoms. The standard InChI is InChI=1S/C17H26N8O3S2/c1-12-16(13(2)25(19-12)14-4-9-30(27,28)11-14)24-7-5-23(6-8-24)15(26)10-29-17-18-20-21-22(17)3/h14H,4-11H2,1-3H3. The van der Waals surface area contributed by atoms with Gasteiger partial charge in [-0.25, -0.2) is 13.1 Å². The highest BCUT2D eigenvalue weighted by molar-refractivity contribution is 7.99. The Kier molecular flexibility index (Phi) is 5.75. The molecule has 11 nitrogen and oxygen atoms in total. The van der Waals surface area contributed by atoms with Gasteiger partial charge in [-0.1, -0.05) is 11.8 Å². The molecule has 164 valence electrons. The van der Waals surface area contributed by atoms with Crippen molar-refractivity contribution in [2.24, 2.45) is 7.05 Å². The minimum atomic E-state index is -2.96. The Morgan fingerprint density at radius 2 is 1.93 bits per heavy atom. The Morgan fingerprint density at radius 1 is 1.20 bits per heavy atom. The van der Waals surface area contributed by atoms with E-state index in [1.165, 1.54) is 11.8 Å². The molecule has 0 saturated carbocycles. The third-order valence-corrected chi connectivity index (χ3v) is 8.44. The van der Waals surface area contributed by atoms with Crippen LogP contribution in [0.1, 0.15) is 23.9 Å². The fourth-order valence-electron chi connectivity index (χ4n) is 4.18. The van der Waals surface area contributed by atoms with Crippen LogP contribution in [0.5, 0.6) is 0 Å². The summed E-state index contributed by atoms with van der Waals surface area (Å²) in [6.07, 6.45) is 0.616. The van der Waals surface area contributed by atoms with Gasteiger partial charge in [-0.15, -0.1) is 5.10 Å². The van der Waals surface area contributed by atoms with Gasteiger partial charge in [0.25, 0.3) is 0 Å². The molecule has 0 N–H and O–H groups in total. The number of carbonyl (C=O) groups excluding carboxylic acids is 1. The van der Waals surface area contributed by atoms with Gasteiger partial charge in [-0.3, -0.25) is 9.48 Å². The third-order valence-electron chi connectivity index (χ3n) is 5.70. The highest BCUT2D eigenvalue weighted by Gasteiger charge is 2.33. The van der Waals surface area contributed by atoms with Crippen LogP contribution < -0.4 is 4.90 Å². The molecule has 1 unspecified atom stereocenters. The quantitative estimate of drug-likeness (QED) is 0.567. The number of sulfone groups is 1. The summed E-state index contributed by atoms with van der Waals surface area (Å²) in [6.45, 7) is 6.68. The van der Waals surface area contributed by atoms with E-state index in [0.717, 1.165) is 30.2 Å². The summed E-state index contributed by atoms with van der Waals surface area (Å²) in [5.74, 6) is 0.771. The number of tetrazole rings is 1. The lowest BCUT2D eigenvalue weighted by atomic mass is 10.2. The summed E-state index contributed by atoms with van der Waals surface area (Å²) < 4.78 is 27.2. The van der Waals surface area contributed by atoms with Crippen LogP contribution in [0.3, 0.4) is 0 Å². The lowest BCUT2D eigenvalue weighted by molar-refractivity contribution is -0.128. The Bertz CT molecular complexity index is 1040. The molecular formula is C17H26N8O3S2. The molecule has 4 rings (SSSR count). The monoisotopic (exact) mass is 454 g/mol. The highest BCUT2D eigenvalue weighted by Crippen LogP contribution is 2.31. The van der Waals surface area contributed by atoms with Crippen LogP contribution in [-0.4, -0.2) is 92.7 Å². The predicted octanol–water partition coefficient (Wildman–Crippen LogP) is -0.176. The predicted molar refractivity (Wildman–Crippen MR) is 112 cm³/mol. The Labute approximate surface area is 179 Å². The second-order valence-electron chi connectivity index (χ2n) is 7.76. The molecule has 2 aromatic heterocycles. The zero-order chi connectivity index (χ0) is 21.5. The van der Waals surface area contributed by atoms with Gasteiger partial charge >= 0.3 is 0 Å². The molecule has 0 spiro atoms. The molecule has 0 aliphatic carbocycles. The normalized spacial score (nSPS) is 21.4. The first-order valence-corrected chi connectivity index (χ1v) is 12.7. The molecule has 4 heterocycles. The first-order chi connectivity index (χ1) is 14.2. The lowest BCUT2D eigenvalue weighted by Gasteiger charge is -2.36. The van der Waals surface area contributed by atoms with E-state index in [1.807, 2.05) is 23.4 Å². The van der Waals surface area contributed by atoms with Crippen LogP contribution in [0.2, 0.25) is 0 Å². The number of thioether (sulfide) groups is 1. The summed E-state index contributed by atoms with van der Waals surface area (Å²) in [4.78, 5) is 16.7. The van der Waals surface area contributed by atoms with Crippen LogP contribution in [0.4, 0.5) is 5.69 Å². The van der Waals surface area contributed by atoms with Crippen molar-refractivity contribution in [1.82, 2.24) is 34.9 Å². The fourth-order valence-corrected chi connectivity index (χ4v) is 6.62. The highest BCUT2D eigenvalue weighted by atomic mass is 32.2. The van der Waals surface area contributed by atoms with Gasteiger partial charge in [-0.05, 0) is 30.7 Å². The molecule has 0 radical (unpaired) electrons. The second-order valence-corrected chi connectivity index (χ2v) is 10.9. The van der Waals surface area contributed by atoms with E-state index in [2.05, 4.69) is 25.5 Å². The number of hydrogen-bond acceptors (Lipinski definition) is 9. The van der Waals surface area contributed by atoms with Gasteiger partial charge in [0.05, 0.1) is 40.4 Å². The van der Waals surface area contributed by atoms with Crippen molar-refractivity contribution < 1.29 is 13.2 Å².